The first-order valence-electron chi connectivity index (χ1n) is 35.1. The smallest absolute Gasteiger partial charge is 0.108 e. The first-order valence-corrected chi connectivity index (χ1v) is 35.1. The van der Waals surface area contributed by atoms with Crippen LogP contribution in [0.25, 0.3) is 0 Å². The maximum atomic E-state index is 12.8. The van der Waals surface area contributed by atoms with Crippen molar-refractivity contribution in [2.75, 3.05) is 14.2 Å². The molecular formula is C85H188FN3O4. The zero-order valence-electron chi connectivity index (χ0n) is 60.5. The molecule has 2 N–H and O–H groups in total. The Morgan fingerprint density at radius 2 is 0.935 bits per heavy atom. The number of aliphatic hydroxyl groups excluding tert-OH is 1. The van der Waals surface area contributed by atoms with Gasteiger partial charge in [-0.1, -0.05) is 266 Å². The third-order valence-corrected chi connectivity index (χ3v) is 19.8. The number of methoxy groups -OCH3 is 2. The Hall–Kier alpha value is -1.53. The van der Waals surface area contributed by atoms with Crippen LogP contribution in [0.5, 0.6) is 0 Å². The van der Waals surface area contributed by atoms with Gasteiger partial charge >= 0.3 is 0 Å². The van der Waals surface area contributed by atoms with E-state index >= 15 is 0 Å². The van der Waals surface area contributed by atoms with Gasteiger partial charge < -0.3 is 24.3 Å². The molecule has 0 amide bonds. The molecule has 7 aliphatic rings. The Morgan fingerprint density at radius 1 is 0.538 bits per heavy atom. The SMILES string of the molecule is C.C.C.C.C.C.C.C.C.C.CC(C)C.CC(C)C(C)C.CC(C)C1CC(C)(O)C1.CC(C)C1CCC(C#N)C1.CC(C)C1CCCC1F.CC(C)C1CCCC1O.CC(C)C1Cc2nccn2C1.CCC(C)C.COC1CCC(C(C)C)C1.COC1CCCC1C(C)C. The second-order valence-electron chi connectivity index (χ2n) is 31.3. The Kier molecular flexibility index (Phi) is 83.0. The van der Waals surface area contributed by atoms with Crippen LogP contribution in [0.2, 0.25) is 0 Å². The second kappa shape index (κ2) is 65.1. The second-order valence-corrected chi connectivity index (χ2v) is 31.3. The summed E-state index contributed by atoms with van der Waals surface area (Å²) in [5, 5.41) is 27.3. The van der Waals surface area contributed by atoms with E-state index in [1.807, 2.05) is 27.3 Å². The maximum Gasteiger partial charge on any atom is 0.108 e. The molecule has 574 valence electrons. The number of alkyl halides is 1. The predicted octanol–water partition coefficient (Wildman–Crippen LogP) is 28.0. The molecule has 0 radical (unpaired) electrons. The van der Waals surface area contributed by atoms with Crippen LogP contribution in [0.15, 0.2) is 12.4 Å². The minimum Gasteiger partial charge on any atom is -0.393 e. The Labute approximate surface area is 592 Å². The summed E-state index contributed by atoms with van der Waals surface area (Å²) >= 11 is 0. The van der Waals surface area contributed by atoms with Crippen molar-refractivity contribution in [3.63, 3.8) is 0 Å². The number of aromatic nitrogens is 2. The van der Waals surface area contributed by atoms with E-state index in [-0.39, 0.29) is 86.0 Å². The molecule has 1 aromatic heterocycles. The molecule has 0 aromatic carbocycles. The number of ether oxygens (including phenoxy) is 2. The van der Waals surface area contributed by atoms with Crippen molar-refractivity contribution in [2.24, 2.45) is 112 Å². The minimum atomic E-state index is -0.495. The average molecular weight is 1340 g/mol. The number of fused-ring (bicyclic) bond motifs is 1. The number of nitriles is 1. The molecule has 6 saturated carbocycles. The summed E-state index contributed by atoms with van der Waals surface area (Å²) in [6, 6.07) is 2.35. The largest absolute Gasteiger partial charge is 0.393 e. The van der Waals surface area contributed by atoms with Gasteiger partial charge in [0.05, 0.1) is 30.0 Å². The summed E-state index contributed by atoms with van der Waals surface area (Å²) in [6.45, 7) is 56.6. The van der Waals surface area contributed by atoms with Crippen LogP contribution in [0, 0.1) is 124 Å². The van der Waals surface area contributed by atoms with Crippen LogP contribution >= 0.6 is 0 Å². The molecule has 6 aliphatic carbocycles. The molecule has 8 rings (SSSR count). The van der Waals surface area contributed by atoms with E-state index in [1.165, 1.54) is 83.0 Å². The zero-order valence-corrected chi connectivity index (χ0v) is 60.5. The molecule has 1 aliphatic heterocycles. The van der Waals surface area contributed by atoms with E-state index in [4.69, 9.17) is 14.7 Å². The lowest BCUT2D eigenvalue weighted by Gasteiger charge is -2.43. The molecule has 0 spiro atoms. The highest BCUT2D eigenvalue weighted by atomic mass is 19.1. The van der Waals surface area contributed by atoms with Gasteiger partial charge in [-0.25, -0.2) is 9.37 Å². The van der Waals surface area contributed by atoms with Crippen LogP contribution in [0.1, 0.15) is 369 Å². The van der Waals surface area contributed by atoms with E-state index in [0.29, 0.717) is 41.8 Å². The minimum absolute atomic E-state index is 0. The van der Waals surface area contributed by atoms with E-state index in [1.54, 1.807) is 0 Å². The van der Waals surface area contributed by atoms with Gasteiger partial charge in [-0.2, -0.15) is 5.26 Å². The van der Waals surface area contributed by atoms with Crippen LogP contribution in [-0.4, -0.2) is 64.1 Å². The number of hydrogen-bond acceptors (Lipinski definition) is 6. The molecule has 0 bridgehead atoms. The van der Waals surface area contributed by atoms with E-state index in [9.17, 15) is 14.6 Å². The van der Waals surface area contributed by atoms with Gasteiger partial charge in [-0.05, 0) is 203 Å². The molecular weight excluding hydrogens is 1150 g/mol. The van der Waals surface area contributed by atoms with Crippen molar-refractivity contribution in [2.45, 2.75) is 406 Å². The molecule has 93 heavy (non-hydrogen) atoms. The Balaban J connectivity index is -0.0000000782. The molecule has 11 unspecified atom stereocenters. The van der Waals surface area contributed by atoms with Gasteiger partial charge in [0.2, 0.25) is 0 Å². The maximum absolute atomic E-state index is 12.8. The monoisotopic (exact) mass is 1330 g/mol. The van der Waals surface area contributed by atoms with Crippen LogP contribution in [-0.2, 0) is 22.4 Å². The number of imidazole rings is 1. The normalized spacial score (nSPS) is 26.2. The highest BCUT2D eigenvalue weighted by Crippen LogP contribution is 2.42. The summed E-state index contributed by atoms with van der Waals surface area (Å²) in [4.78, 5) is 4.29. The zero-order chi connectivity index (χ0) is 64.3. The van der Waals surface area contributed by atoms with Gasteiger partial charge in [-0.3, -0.25) is 0 Å². The lowest BCUT2D eigenvalue weighted by atomic mass is 9.67. The lowest BCUT2D eigenvalue weighted by molar-refractivity contribution is -0.0713. The van der Waals surface area contributed by atoms with Crippen LogP contribution in [0.3, 0.4) is 0 Å². The van der Waals surface area contributed by atoms with Crippen molar-refractivity contribution in [3.05, 3.63) is 18.2 Å². The molecule has 0 saturated heterocycles. The van der Waals surface area contributed by atoms with Crippen molar-refractivity contribution in [1.82, 2.24) is 9.55 Å². The van der Waals surface area contributed by atoms with E-state index in [2.05, 4.69) is 188 Å². The molecule has 1 aromatic rings. The first kappa shape index (κ1) is 119. The number of halogens is 1. The number of nitrogens with zero attached hydrogens (tertiary/aromatic N) is 3. The fourth-order valence-corrected chi connectivity index (χ4v) is 12.2. The predicted molar refractivity (Wildman–Crippen MR) is 428 cm³/mol. The standard InChI is InChI=1S/C9H14N2.C9H15N.2C9H18O.C8H15F.2C8H16O.C6H14.C5H12.C4H10.10CH4/c1-7(2)8-5-9-10-3-4-11(9)6-8;1-7(2)9-4-3-8(5-9)6-10;1-7(2)8-4-5-9(6-8)10-3;1-7(2)8-5-4-6-9(8)10-3;1-6(2)7-4-3-5-8(7)9;1-6(2)7-4-8(3,9)5-7;1-6(2)7-4-3-5-8(7)9;1-5(2)6(3)4;1-4-5(2)3;1-4(2)3;;;;;;;;;;/h3-4,7-8H,5-6H2,1-2H3;7-9H,3-5H2,1-2H3;2*7-9H,4-6H2,1-3H3;6-8H,3-5H2,1-2H3;6-7,9H,4-5H2,1-3H3;6-9H,3-5H2,1-2H3;5-6H,1-4H3;5H,4H2,1-3H3;4H,1-3H3;10*1H4. The summed E-state index contributed by atoms with van der Waals surface area (Å²) in [6.07, 6.45) is 27.1. The van der Waals surface area contributed by atoms with Crippen molar-refractivity contribution in [1.29, 1.82) is 5.26 Å². The van der Waals surface area contributed by atoms with E-state index < -0.39 is 6.17 Å². The van der Waals surface area contributed by atoms with Crippen molar-refractivity contribution < 1.29 is 24.1 Å². The fourth-order valence-electron chi connectivity index (χ4n) is 12.2. The third kappa shape index (κ3) is 54.0. The first-order chi connectivity index (χ1) is 38.6. The van der Waals surface area contributed by atoms with Gasteiger partial charge in [0.25, 0.3) is 0 Å². The summed E-state index contributed by atoms with van der Waals surface area (Å²) in [7, 11) is 3.67. The van der Waals surface area contributed by atoms with Crippen LogP contribution < -0.4 is 0 Å². The molecule has 2 heterocycles. The molecule has 11 atom stereocenters. The summed E-state index contributed by atoms with van der Waals surface area (Å²) in [5.41, 5.74) is -0.324. The fraction of sp³-hybridized carbons (Fsp3) is 0.953. The number of aliphatic hydroxyl groups is 2. The highest BCUT2D eigenvalue weighted by Gasteiger charge is 2.39. The summed E-state index contributed by atoms with van der Waals surface area (Å²) in [5.74, 6) is 15.4. The molecule has 8 heteroatoms. The van der Waals surface area contributed by atoms with E-state index in [0.717, 1.165) is 134 Å². The topological polar surface area (TPSA) is 101 Å². The van der Waals surface area contributed by atoms with Gasteiger partial charge in [0, 0.05) is 45.5 Å². The third-order valence-electron chi connectivity index (χ3n) is 19.8. The average Bonchev–Trinajstić information content (AvgIpc) is 1.45. The Morgan fingerprint density at radius 3 is 1.17 bits per heavy atom. The Bertz CT molecular complexity index is 1630. The van der Waals surface area contributed by atoms with Crippen molar-refractivity contribution in [3.8, 4) is 6.07 Å². The van der Waals surface area contributed by atoms with Crippen LogP contribution in [0.4, 0.5) is 4.39 Å². The summed E-state index contributed by atoms with van der Waals surface area (Å²) < 4.78 is 25.8. The quantitative estimate of drug-likeness (QED) is 0.229. The number of rotatable bonds is 11. The van der Waals surface area contributed by atoms with Gasteiger partial charge in [0.15, 0.2) is 0 Å². The molecule has 7 nitrogen and oxygen atoms in total. The van der Waals surface area contributed by atoms with Gasteiger partial charge in [0.1, 0.15) is 12.0 Å². The lowest BCUT2D eigenvalue weighted by Crippen LogP contribution is -2.42. The highest BCUT2D eigenvalue weighted by molar-refractivity contribution is 5.00. The van der Waals surface area contributed by atoms with Crippen molar-refractivity contribution >= 4 is 0 Å². The number of hydrogen-bond donors (Lipinski definition) is 2. The molecule has 6 fully saturated rings. The van der Waals surface area contributed by atoms with Gasteiger partial charge in [-0.15, -0.1) is 0 Å².